The van der Waals surface area contributed by atoms with Gasteiger partial charge in [0.25, 0.3) is 0 Å². The lowest BCUT2D eigenvalue weighted by Crippen LogP contribution is -2.22. The number of benzene rings is 1. The standard InChI is InChI=1S/C11H12BrF2N/c12-8-6-10(14)9(13)5-7(8)1-2-11(15)3-4-11/h5-6H,1-4,15H2. The average Bonchev–Trinajstić information content (AvgIpc) is 2.89. The van der Waals surface area contributed by atoms with Crippen molar-refractivity contribution in [2.45, 2.75) is 31.2 Å². The van der Waals surface area contributed by atoms with Crippen LogP contribution in [0.5, 0.6) is 0 Å². The van der Waals surface area contributed by atoms with E-state index in [-0.39, 0.29) is 5.54 Å². The van der Waals surface area contributed by atoms with E-state index in [4.69, 9.17) is 5.73 Å². The molecule has 1 fully saturated rings. The highest BCUT2D eigenvalue weighted by atomic mass is 79.9. The molecule has 0 heterocycles. The van der Waals surface area contributed by atoms with Crippen molar-refractivity contribution >= 4 is 15.9 Å². The first kappa shape index (κ1) is 11.0. The molecule has 0 atom stereocenters. The van der Waals surface area contributed by atoms with Gasteiger partial charge in [-0.3, -0.25) is 0 Å². The maximum absolute atomic E-state index is 13.0. The zero-order chi connectivity index (χ0) is 11.1. The van der Waals surface area contributed by atoms with Gasteiger partial charge in [0, 0.05) is 10.0 Å². The lowest BCUT2D eigenvalue weighted by Gasteiger charge is -2.09. The molecule has 1 aliphatic rings. The van der Waals surface area contributed by atoms with Crippen LogP contribution in [0.3, 0.4) is 0 Å². The van der Waals surface area contributed by atoms with Crippen molar-refractivity contribution in [3.63, 3.8) is 0 Å². The SMILES string of the molecule is NC1(CCc2cc(F)c(F)cc2Br)CC1. The van der Waals surface area contributed by atoms with Gasteiger partial charge in [0.15, 0.2) is 11.6 Å². The lowest BCUT2D eigenvalue weighted by atomic mass is 10.0. The molecule has 0 unspecified atom stereocenters. The smallest absolute Gasteiger partial charge is 0.159 e. The van der Waals surface area contributed by atoms with Gasteiger partial charge >= 0.3 is 0 Å². The predicted molar refractivity (Wildman–Crippen MR) is 58.5 cm³/mol. The Bertz CT molecular complexity index is 388. The van der Waals surface area contributed by atoms with Crippen LogP contribution in [-0.2, 0) is 6.42 Å². The van der Waals surface area contributed by atoms with E-state index in [2.05, 4.69) is 15.9 Å². The largest absolute Gasteiger partial charge is 0.325 e. The van der Waals surface area contributed by atoms with Crippen LogP contribution in [-0.4, -0.2) is 5.54 Å². The first-order valence-corrected chi connectivity index (χ1v) is 5.72. The molecule has 2 rings (SSSR count). The Balaban J connectivity index is 2.10. The van der Waals surface area contributed by atoms with Crippen LogP contribution in [0, 0.1) is 11.6 Å². The number of rotatable bonds is 3. The van der Waals surface area contributed by atoms with Gasteiger partial charge in [-0.2, -0.15) is 0 Å². The van der Waals surface area contributed by atoms with Crippen LogP contribution in [0.25, 0.3) is 0 Å². The normalized spacial score (nSPS) is 17.9. The first-order valence-electron chi connectivity index (χ1n) is 4.92. The molecule has 4 heteroatoms. The number of nitrogens with two attached hydrogens (primary N) is 1. The molecule has 0 spiro atoms. The number of hydrogen-bond donors (Lipinski definition) is 1. The highest BCUT2D eigenvalue weighted by molar-refractivity contribution is 9.10. The second-order valence-corrected chi connectivity index (χ2v) is 5.07. The van der Waals surface area contributed by atoms with Crippen molar-refractivity contribution in [2.75, 3.05) is 0 Å². The highest BCUT2D eigenvalue weighted by Crippen LogP contribution is 2.37. The van der Waals surface area contributed by atoms with Crippen LogP contribution in [0.2, 0.25) is 0 Å². The Labute approximate surface area is 95.8 Å². The summed E-state index contributed by atoms with van der Waals surface area (Å²) in [5.74, 6) is -1.62. The molecule has 82 valence electrons. The zero-order valence-corrected chi connectivity index (χ0v) is 9.78. The fourth-order valence-corrected chi connectivity index (χ4v) is 2.06. The third-order valence-corrected chi connectivity index (χ3v) is 3.61. The Morgan fingerprint density at radius 1 is 1.27 bits per heavy atom. The van der Waals surface area contributed by atoms with E-state index >= 15 is 0 Å². The quantitative estimate of drug-likeness (QED) is 0.843. The summed E-state index contributed by atoms with van der Waals surface area (Å²) in [5.41, 5.74) is 6.66. The van der Waals surface area contributed by atoms with E-state index in [1.165, 1.54) is 12.1 Å². The second kappa shape index (κ2) is 3.83. The molecule has 15 heavy (non-hydrogen) atoms. The summed E-state index contributed by atoms with van der Waals surface area (Å²) in [4.78, 5) is 0. The van der Waals surface area contributed by atoms with Gasteiger partial charge in [0.05, 0.1) is 0 Å². The van der Waals surface area contributed by atoms with Gasteiger partial charge in [-0.15, -0.1) is 0 Å². The topological polar surface area (TPSA) is 26.0 Å². The van der Waals surface area contributed by atoms with Gasteiger partial charge in [-0.1, -0.05) is 15.9 Å². The minimum Gasteiger partial charge on any atom is -0.325 e. The summed E-state index contributed by atoms with van der Waals surface area (Å²) in [6.07, 6.45) is 3.59. The van der Waals surface area contributed by atoms with E-state index in [0.717, 1.165) is 24.8 Å². The molecule has 1 aromatic carbocycles. The molecule has 0 bridgehead atoms. The molecule has 2 N–H and O–H groups in total. The Morgan fingerprint density at radius 2 is 1.87 bits per heavy atom. The summed E-state index contributed by atoms with van der Waals surface area (Å²) < 4.78 is 26.4. The zero-order valence-electron chi connectivity index (χ0n) is 8.19. The van der Waals surface area contributed by atoms with E-state index in [1.807, 2.05) is 0 Å². The van der Waals surface area contributed by atoms with Crippen LogP contribution in [0.4, 0.5) is 8.78 Å². The summed E-state index contributed by atoms with van der Waals surface area (Å²) in [7, 11) is 0. The monoisotopic (exact) mass is 275 g/mol. The third-order valence-electron chi connectivity index (χ3n) is 2.87. The molecule has 1 aliphatic carbocycles. The first-order chi connectivity index (χ1) is 7.00. The molecule has 0 amide bonds. The van der Waals surface area contributed by atoms with Gasteiger partial charge in [-0.25, -0.2) is 8.78 Å². The molecule has 1 saturated carbocycles. The molecular weight excluding hydrogens is 264 g/mol. The van der Waals surface area contributed by atoms with Gasteiger partial charge in [0.2, 0.25) is 0 Å². The van der Waals surface area contributed by atoms with E-state index in [1.54, 1.807) is 0 Å². The number of halogens is 3. The Kier molecular flexibility index (Phi) is 2.81. The fraction of sp³-hybridized carbons (Fsp3) is 0.455. The lowest BCUT2D eigenvalue weighted by molar-refractivity contribution is 0.504. The molecule has 0 radical (unpaired) electrons. The molecular formula is C11H12BrF2N. The van der Waals surface area contributed by atoms with Crippen molar-refractivity contribution in [2.24, 2.45) is 5.73 Å². The van der Waals surface area contributed by atoms with Crippen molar-refractivity contribution in [3.05, 3.63) is 33.8 Å². The van der Waals surface area contributed by atoms with Crippen molar-refractivity contribution in [1.29, 1.82) is 0 Å². The fourth-order valence-electron chi connectivity index (χ4n) is 1.55. The van der Waals surface area contributed by atoms with Crippen LogP contribution in [0.1, 0.15) is 24.8 Å². The summed E-state index contributed by atoms with van der Waals surface area (Å²) >= 11 is 3.22. The number of aryl methyl sites for hydroxylation is 1. The van der Waals surface area contributed by atoms with Gasteiger partial charge in [-0.05, 0) is 43.4 Å². The predicted octanol–water partition coefficient (Wildman–Crippen LogP) is 3.15. The minimum absolute atomic E-state index is 0.0513. The molecule has 1 aromatic rings. The van der Waals surface area contributed by atoms with E-state index in [9.17, 15) is 8.78 Å². The highest BCUT2D eigenvalue weighted by Gasteiger charge is 2.37. The summed E-state index contributed by atoms with van der Waals surface area (Å²) in [6, 6.07) is 2.41. The molecule has 0 saturated heterocycles. The van der Waals surface area contributed by atoms with Crippen molar-refractivity contribution < 1.29 is 8.78 Å². The van der Waals surface area contributed by atoms with Crippen LogP contribution in [0.15, 0.2) is 16.6 Å². The minimum atomic E-state index is -0.820. The maximum Gasteiger partial charge on any atom is 0.159 e. The van der Waals surface area contributed by atoms with Crippen LogP contribution < -0.4 is 5.73 Å². The maximum atomic E-state index is 13.0. The van der Waals surface area contributed by atoms with Crippen molar-refractivity contribution in [1.82, 2.24) is 0 Å². The number of hydrogen-bond acceptors (Lipinski definition) is 1. The van der Waals surface area contributed by atoms with E-state index in [0.29, 0.717) is 10.9 Å². The summed E-state index contributed by atoms with van der Waals surface area (Å²) in [5, 5.41) is 0. The van der Waals surface area contributed by atoms with Crippen molar-refractivity contribution in [3.8, 4) is 0 Å². The van der Waals surface area contributed by atoms with Crippen LogP contribution >= 0.6 is 15.9 Å². The average molecular weight is 276 g/mol. The Morgan fingerprint density at radius 3 is 2.47 bits per heavy atom. The van der Waals surface area contributed by atoms with Gasteiger partial charge in [0.1, 0.15) is 0 Å². The third kappa shape index (κ3) is 2.55. The molecule has 0 aromatic heterocycles. The molecule has 1 nitrogen and oxygen atoms in total. The van der Waals surface area contributed by atoms with Gasteiger partial charge < -0.3 is 5.73 Å². The summed E-state index contributed by atoms with van der Waals surface area (Å²) in [6.45, 7) is 0. The molecule has 0 aliphatic heterocycles. The Hall–Kier alpha value is -0.480. The van der Waals surface area contributed by atoms with E-state index < -0.39 is 11.6 Å². The second-order valence-electron chi connectivity index (χ2n) is 4.22.